The molecule has 5 nitrogen and oxygen atoms in total. The van der Waals surface area contributed by atoms with E-state index in [4.69, 9.17) is 14.9 Å². The van der Waals surface area contributed by atoms with Gasteiger partial charge in [0, 0.05) is 30.1 Å². The molecule has 22 heavy (non-hydrogen) atoms. The summed E-state index contributed by atoms with van der Waals surface area (Å²) in [6.07, 6.45) is 2.03. The fourth-order valence-electron chi connectivity index (χ4n) is 2.16. The third kappa shape index (κ3) is 3.25. The average Bonchev–Trinajstić information content (AvgIpc) is 2.59. The summed E-state index contributed by atoms with van der Waals surface area (Å²) in [5.41, 5.74) is 2.93. The van der Waals surface area contributed by atoms with E-state index in [-0.39, 0.29) is 6.61 Å². The van der Waals surface area contributed by atoms with E-state index in [0.717, 1.165) is 23.1 Å². The minimum atomic E-state index is 0.271. The van der Waals surface area contributed by atoms with Gasteiger partial charge in [0.1, 0.15) is 18.1 Å². The Morgan fingerprint density at radius 3 is 2.73 bits per heavy atom. The molecule has 0 saturated carbocycles. The Morgan fingerprint density at radius 1 is 1.27 bits per heavy atom. The number of carbonyl (C=O) groups is 1. The summed E-state index contributed by atoms with van der Waals surface area (Å²) >= 11 is 0. The third-order valence-electron chi connectivity index (χ3n) is 3.34. The number of benzene rings is 2. The lowest BCUT2D eigenvalue weighted by Gasteiger charge is -2.13. The van der Waals surface area contributed by atoms with Crippen LogP contribution in [-0.4, -0.2) is 26.7 Å². The lowest BCUT2D eigenvalue weighted by Crippen LogP contribution is -2.04. The van der Waals surface area contributed by atoms with Crippen molar-refractivity contribution in [1.29, 1.82) is 5.41 Å². The van der Waals surface area contributed by atoms with Gasteiger partial charge in [-0.25, -0.2) is 0 Å². The van der Waals surface area contributed by atoms with Crippen LogP contribution in [0.4, 0.5) is 5.69 Å². The van der Waals surface area contributed by atoms with Crippen LogP contribution < -0.4 is 14.8 Å². The van der Waals surface area contributed by atoms with E-state index in [2.05, 4.69) is 5.32 Å². The number of nitrogens with one attached hydrogen (secondary N) is 2. The Bertz CT molecular complexity index is 684. The molecule has 0 saturated heterocycles. The van der Waals surface area contributed by atoms with Crippen LogP contribution in [0.2, 0.25) is 0 Å². The molecule has 2 N–H and O–H groups in total. The standard InChI is InChI=1S/C17H18N2O3/c1-19-16-5-3-4-12(15(16)9-18)11-22-17-7-6-14(21-2)8-13(17)10-20/h3-10,18-19H,11H2,1-2H3. The third-order valence-corrected chi connectivity index (χ3v) is 3.34. The molecule has 0 radical (unpaired) electrons. The zero-order chi connectivity index (χ0) is 15.9. The van der Waals surface area contributed by atoms with Crippen LogP contribution in [0.1, 0.15) is 21.5 Å². The van der Waals surface area contributed by atoms with Crippen molar-refractivity contribution in [1.82, 2.24) is 0 Å². The highest BCUT2D eigenvalue weighted by Gasteiger charge is 2.09. The van der Waals surface area contributed by atoms with E-state index in [1.54, 1.807) is 32.4 Å². The first-order chi connectivity index (χ1) is 10.7. The molecular formula is C17H18N2O3. The number of hydrogen-bond acceptors (Lipinski definition) is 5. The van der Waals surface area contributed by atoms with Gasteiger partial charge in [-0.15, -0.1) is 0 Å². The highest BCUT2D eigenvalue weighted by Crippen LogP contribution is 2.25. The number of hydrogen-bond donors (Lipinski definition) is 2. The first kappa shape index (κ1) is 15.6. The molecule has 2 rings (SSSR count). The van der Waals surface area contributed by atoms with Crippen molar-refractivity contribution in [2.24, 2.45) is 0 Å². The van der Waals surface area contributed by atoms with Gasteiger partial charge in [0.05, 0.1) is 12.7 Å². The summed E-state index contributed by atoms with van der Waals surface area (Å²) in [6.45, 7) is 0.271. The van der Waals surface area contributed by atoms with E-state index in [0.29, 0.717) is 17.1 Å². The maximum Gasteiger partial charge on any atom is 0.153 e. The molecule has 0 aromatic heterocycles. The fourth-order valence-corrected chi connectivity index (χ4v) is 2.16. The maximum absolute atomic E-state index is 11.1. The predicted octanol–water partition coefficient (Wildman–Crippen LogP) is 3.13. The molecular weight excluding hydrogens is 280 g/mol. The highest BCUT2D eigenvalue weighted by molar-refractivity contribution is 5.87. The number of rotatable bonds is 7. The molecule has 2 aromatic carbocycles. The zero-order valence-electron chi connectivity index (χ0n) is 12.6. The molecule has 0 aliphatic heterocycles. The Kier molecular flexibility index (Phi) is 5.14. The van der Waals surface area contributed by atoms with Crippen molar-refractivity contribution in [3.63, 3.8) is 0 Å². The van der Waals surface area contributed by atoms with E-state index < -0.39 is 0 Å². The van der Waals surface area contributed by atoms with Gasteiger partial charge in [0.2, 0.25) is 0 Å². The summed E-state index contributed by atoms with van der Waals surface area (Å²) in [6, 6.07) is 10.8. The van der Waals surface area contributed by atoms with Crippen LogP contribution in [0.25, 0.3) is 0 Å². The number of carbonyl (C=O) groups excluding carboxylic acids is 1. The zero-order valence-corrected chi connectivity index (χ0v) is 12.6. The molecule has 0 spiro atoms. The molecule has 0 amide bonds. The molecule has 0 atom stereocenters. The first-order valence-corrected chi connectivity index (χ1v) is 6.79. The second kappa shape index (κ2) is 7.26. The molecule has 114 valence electrons. The van der Waals surface area contributed by atoms with Crippen LogP contribution >= 0.6 is 0 Å². The second-order valence-corrected chi connectivity index (χ2v) is 4.58. The van der Waals surface area contributed by atoms with Crippen molar-refractivity contribution in [2.45, 2.75) is 6.61 Å². The van der Waals surface area contributed by atoms with Gasteiger partial charge in [0.25, 0.3) is 0 Å². The minimum Gasteiger partial charge on any atom is -0.497 e. The number of anilines is 1. The van der Waals surface area contributed by atoms with Gasteiger partial charge in [-0.2, -0.15) is 0 Å². The minimum absolute atomic E-state index is 0.271. The van der Waals surface area contributed by atoms with Crippen molar-refractivity contribution in [3.05, 3.63) is 53.1 Å². The molecule has 2 aromatic rings. The first-order valence-electron chi connectivity index (χ1n) is 6.79. The van der Waals surface area contributed by atoms with Gasteiger partial charge in [-0.1, -0.05) is 12.1 Å². The molecule has 0 unspecified atom stereocenters. The van der Waals surface area contributed by atoms with Crippen molar-refractivity contribution < 1.29 is 14.3 Å². The van der Waals surface area contributed by atoms with Crippen LogP contribution in [0.5, 0.6) is 11.5 Å². The molecule has 5 heteroatoms. The molecule has 0 aliphatic carbocycles. The lowest BCUT2D eigenvalue weighted by atomic mass is 10.1. The summed E-state index contributed by atoms with van der Waals surface area (Å²) in [7, 11) is 3.35. The maximum atomic E-state index is 11.1. The Morgan fingerprint density at radius 2 is 2.09 bits per heavy atom. The van der Waals surface area contributed by atoms with Gasteiger partial charge in [-0.3, -0.25) is 4.79 Å². The monoisotopic (exact) mass is 298 g/mol. The van der Waals surface area contributed by atoms with Gasteiger partial charge in [-0.05, 0) is 24.3 Å². The number of aldehydes is 1. The summed E-state index contributed by atoms with van der Waals surface area (Å²) in [4.78, 5) is 11.1. The fraction of sp³-hybridized carbons (Fsp3) is 0.176. The van der Waals surface area contributed by atoms with Crippen LogP contribution in [0.15, 0.2) is 36.4 Å². The molecule has 0 fully saturated rings. The average molecular weight is 298 g/mol. The molecule has 0 bridgehead atoms. The Hall–Kier alpha value is -2.82. The SMILES string of the molecule is CNc1cccc(COc2ccc(OC)cc2C=O)c1C=N. The quantitative estimate of drug-likeness (QED) is 0.608. The van der Waals surface area contributed by atoms with Crippen LogP contribution in [0, 0.1) is 5.41 Å². The normalized spacial score (nSPS) is 9.91. The van der Waals surface area contributed by atoms with E-state index in [1.807, 2.05) is 18.2 Å². The Balaban J connectivity index is 2.24. The lowest BCUT2D eigenvalue weighted by molar-refractivity contribution is 0.111. The predicted molar refractivity (Wildman–Crippen MR) is 86.6 cm³/mol. The smallest absolute Gasteiger partial charge is 0.153 e. The summed E-state index contributed by atoms with van der Waals surface area (Å²) < 4.78 is 10.8. The number of methoxy groups -OCH3 is 1. The van der Waals surface area contributed by atoms with Gasteiger partial charge in [0.15, 0.2) is 6.29 Å². The number of ether oxygens (including phenoxy) is 2. The van der Waals surface area contributed by atoms with Crippen LogP contribution in [-0.2, 0) is 6.61 Å². The molecule has 0 heterocycles. The van der Waals surface area contributed by atoms with Crippen LogP contribution in [0.3, 0.4) is 0 Å². The topological polar surface area (TPSA) is 71.4 Å². The molecule has 0 aliphatic rings. The van der Waals surface area contributed by atoms with Crippen molar-refractivity contribution in [3.8, 4) is 11.5 Å². The second-order valence-electron chi connectivity index (χ2n) is 4.58. The van der Waals surface area contributed by atoms with Crippen molar-refractivity contribution >= 4 is 18.2 Å². The van der Waals surface area contributed by atoms with E-state index in [1.165, 1.54) is 6.21 Å². The van der Waals surface area contributed by atoms with E-state index >= 15 is 0 Å². The van der Waals surface area contributed by atoms with Gasteiger partial charge >= 0.3 is 0 Å². The Labute approximate surface area is 129 Å². The van der Waals surface area contributed by atoms with Crippen molar-refractivity contribution in [2.75, 3.05) is 19.5 Å². The summed E-state index contributed by atoms with van der Waals surface area (Å²) in [5.74, 6) is 1.09. The highest BCUT2D eigenvalue weighted by atomic mass is 16.5. The largest absolute Gasteiger partial charge is 0.497 e. The van der Waals surface area contributed by atoms with Gasteiger partial charge < -0.3 is 20.2 Å². The van der Waals surface area contributed by atoms with E-state index in [9.17, 15) is 4.79 Å². The summed E-state index contributed by atoms with van der Waals surface area (Å²) in [5, 5.41) is 10.6.